The molecule has 0 fully saturated rings. The van der Waals surface area contributed by atoms with Crippen molar-refractivity contribution >= 4 is 111 Å². The third kappa shape index (κ3) is 6.39. The molecule has 67 heavy (non-hydrogen) atoms. The quantitative estimate of drug-likeness (QED) is 0.0962. The summed E-state index contributed by atoms with van der Waals surface area (Å²) >= 11 is 8.06. The van der Waals surface area contributed by atoms with Gasteiger partial charge in [-0.1, -0.05) is 194 Å². The van der Waals surface area contributed by atoms with Gasteiger partial charge in [0.05, 0.1) is 5.52 Å². The normalized spacial score (nSPS) is 14.0. The molecule has 1 aliphatic rings. The summed E-state index contributed by atoms with van der Waals surface area (Å²) in [6, 6.07) is 81.8. The van der Waals surface area contributed by atoms with E-state index in [-0.39, 0.29) is 5.25 Å². The molecule has 0 bridgehead atoms. The minimum absolute atomic E-state index is 0.00808. The predicted octanol–water partition coefficient (Wildman–Crippen LogP) is 17.8. The Bertz CT molecular complexity index is 3910. The van der Waals surface area contributed by atoms with Crippen LogP contribution in [0.25, 0.3) is 115 Å². The number of thiol groups is 1. The fourth-order valence-electron chi connectivity index (χ4n) is 11.1. The average Bonchev–Trinajstić information content (AvgIpc) is 3.71. The summed E-state index contributed by atoms with van der Waals surface area (Å²) < 4.78 is 3.57. The van der Waals surface area contributed by atoms with Crippen LogP contribution in [0.5, 0.6) is 0 Å². The largest absolute Gasteiger partial charge is 0.302 e. The third-order valence-corrected chi connectivity index (χ3v) is 15.5. The first-order valence-electron chi connectivity index (χ1n) is 22.9. The molecule has 1 heterocycles. The van der Waals surface area contributed by atoms with Crippen LogP contribution in [0.3, 0.4) is 0 Å². The maximum atomic E-state index is 5.46. The summed E-state index contributed by atoms with van der Waals surface area (Å²) in [5, 5.41) is 12.4. The molecule has 1 nitrogen and oxygen atoms in total. The number of fused-ring (bicyclic) bond motifs is 7. The minimum atomic E-state index is -0.00808. The number of benzene rings is 10. The molecule has 0 aliphatic heterocycles. The first-order valence-corrected chi connectivity index (χ1v) is 24.4. The number of hydrogen-bond acceptors (Lipinski definition) is 1. The topological polar surface area (TPSA) is 4.93 Å². The van der Waals surface area contributed by atoms with Crippen LogP contribution in [0.2, 0.25) is 0 Å². The van der Waals surface area contributed by atoms with E-state index in [1.54, 1.807) is 0 Å². The van der Waals surface area contributed by atoms with Gasteiger partial charge in [0.2, 0.25) is 0 Å². The van der Waals surface area contributed by atoms with E-state index >= 15 is 0 Å². The standard InChI is InChI=1S/C64H40INS/c65-64-55(31-17-32-56(64)63-53-29-13-11-27-51(53)60(40-18-3-1-4-19-40)52-28-12-14-30-54(52)63)46-37-35-42(39-59(46)67)62-49-25-9-7-23-47(49)61(48-24-8-10-26-50(48)62)41-34-36-45-44-22-15-16-33-57(44)66(58(45)38-41)43-20-5-2-6-21-43/h1-15,17-32,34-38,59,67H,39H2. The van der Waals surface area contributed by atoms with Crippen LogP contribution < -0.4 is 0 Å². The molecule has 314 valence electrons. The Balaban J connectivity index is 0.964. The molecule has 12 aromatic rings. The molecule has 0 N–H and O–H groups in total. The second-order valence-corrected chi connectivity index (χ2v) is 19.2. The maximum absolute atomic E-state index is 5.46. The lowest BCUT2D eigenvalue weighted by Gasteiger charge is -2.26. The summed E-state index contributed by atoms with van der Waals surface area (Å²) in [7, 11) is 0. The molecule has 0 saturated heterocycles. The Morgan fingerprint density at radius 1 is 0.448 bits per heavy atom. The van der Waals surface area contributed by atoms with E-state index in [2.05, 4.69) is 252 Å². The van der Waals surface area contributed by atoms with Gasteiger partial charge < -0.3 is 4.57 Å². The lowest BCUT2D eigenvalue weighted by Crippen LogP contribution is -2.10. The molecule has 1 unspecified atom stereocenters. The number of allylic oxidation sites excluding steroid dienone is 3. The molecule has 1 atom stereocenters. The van der Waals surface area contributed by atoms with Gasteiger partial charge in [0.1, 0.15) is 5.52 Å². The zero-order chi connectivity index (χ0) is 44.6. The molecule has 3 heteroatoms. The monoisotopic (exact) mass is 981 g/mol. The number of halogens is 1. The summed E-state index contributed by atoms with van der Waals surface area (Å²) in [6.07, 6.45) is 5.52. The van der Waals surface area contributed by atoms with Gasteiger partial charge in [-0.3, -0.25) is 0 Å². The van der Waals surface area contributed by atoms with Gasteiger partial charge in [0, 0.05) is 25.3 Å². The summed E-state index contributed by atoms with van der Waals surface area (Å²) in [6.45, 7) is 0. The number of hydrogen-bond donors (Lipinski definition) is 1. The minimum Gasteiger partial charge on any atom is -0.302 e. The fourth-order valence-corrected chi connectivity index (χ4v) is 12.4. The van der Waals surface area contributed by atoms with E-state index in [1.165, 1.54) is 113 Å². The van der Waals surface area contributed by atoms with Crippen molar-refractivity contribution in [3.8, 4) is 39.1 Å². The molecular formula is C64H40INS. The Labute approximate surface area is 408 Å². The van der Waals surface area contributed by atoms with Crippen molar-refractivity contribution in [1.82, 2.24) is 4.57 Å². The molecule has 0 spiro atoms. The molecule has 11 aromatic carbocycles. The first-order chi connectivity index (χ1) is 33.1. The maximum Gasteiger partial charge on any atom is 0.105 e. The lowest BCUT2D eigenvalue weighted by atomic mass is 9.81. The highest BCUT2D eigenvalue weighted by Crippen LogP contribution is 2.49. The van der Waals surface area contributed by atoms with Crippen LogP contribution >= 0.6 is 35.2 Å². The second-order valence-electron chi connectivity index (χ2n) is 17.5. The molecule has 0 saturated carbocycles. The Morgan fingerprint density at radius 3 is 1.57 bits per heavy atom. The lowest BCUT2D eigenvalue weighted by molar-refractivity contribution is 1.10. The van der Waals surface area contributed by atoms with Crippen molar-refractivity contribution < 1.29 is 0 Å². The van der Waals surface area contributed by atoms with Crippen molar-refractivity contribution in [2.75, 3.05) is 0 Å². The van der Waals surface area contributed by atoms with Crippen molar-refractivity contribution in [3.05, 3.63) is 245 Å². The van der Waals surface area contributed by atoms with E-state index in [0.717, 1.165) is 23.1 Å². The SMILES string of the molecule is SC1CC(c2c3ccccc3c(-c3ccc4c5ccc#cc5n(-c5ccccc5)c4c3)c3ccccc23)=CC=C1c1cccc(-c2c3ccccc3c(-c3ccccc3)c3ccccc23)c1I. The highest BCUT2D eigenvalue weighted by molar-refractivity contribution is 14.1. The summed E-state index contributed by atoms with van der Waals surface area (Å²) in [5.41, 5.74) is 15.8. The Kier molecular flexibility index (Phi) is 9.67. The molecule has 1 aromatic heterocycles. The smallest absolute Gasteiger partial charge is 0.105 e. The van der Waals surface area contributed by atoms with E-state index in [9.17, 15) is 0 Å². The van der Waals surface area contributed by atoms with Crippen LogP contribution in [0.4, 0.5) is 0 Å². The van der Waals surface area contributed by atoms with Crippen molar-refractivity contribution in [1.29, 1.82) is 0 Å². The molecule has 0 amide bonds. The van der Waals surface area contributed by atoms with E-state index in [1.807, 2.05) is 6.07 Å². The molecule has 1 aliphatic carbocycles. The fraction of sp³-hybridized carbons (Fsp3) is 0.0312. The van der Waals surface area contributed by atoms with Crippen molar-refractivity contribution in [3.63, 3.8) is 0 Å². The van der Waals surface area contributed by atoms with Gasteiger partial charge in [-0.15, -0.1) is 0 Å². The average molecular weight is 982 g/mol. The van der Waals surface area contributed by atoms with Gasteiger partial charge in [0.25, 0.3) is 0 Å². The number of nitrogens with zero attached hydrogens (tertiary/aromatic N) is 1. The second kappa shape index (κ2) is 16.2. The Morgan fingerprint density at radius 2 is 0.970 bits per heavy atom. The van der Waals surface area contributed by atoms with E-state index < -0.39 is 0 Å². The van der Waals surface area contributed by atoms with Gasteiger partial charge in [-0.2, -0.15) is 12.6 Å². The first kappa shape index (κ1) is 40.0. The highest BCUT2D eigenvalue weighted by atomic mass is 127. The zero-order valence-corrected chi connectivity index (χ0v) is 39.4. The molecule has 13 rings (SSSR count). The van der Waals surface area contributed by atoms with Gasteiger partial charge in [-0.05, 0) is 164 Å². The summed E-state index contributed by atoms with van der Waals surface area (Å²) in [4.78, 5) is 0. The van der Waals surface area contributed by atoms with Crippen LogP contribution in [0.1, 0.15) is 17.5 Å². The van der Waals surface area contributed by atoms with Crippen LogP contribution in [0.15, 0.2) is 218 Å². The third-order valence-electron chi connectivity index (χ3n) is 13.9. The summed E-state index contributed by atoms with van der Waals surface area (Å²) in [5.74, 6) is 0. The molecule has 0 radical (unpaired) electrons. The molecular weight excluding hydrogens is 942 g/mol. The van der Waals surface area contributed by atoms with Crippen molar-refractivity contribution in [2.24, 2.45) is 0 Å². The number of rotatable bonds is 6. The predicted molar refractivity (Wildman–Crippen MR) is 297 cm³/mol. The van der Waals surface area contributed by atoms with E-state index in [4.69, 9.17) is 12.6 Å². The van der Waals surface area contributed by atoms with Gasteiger partial charge in [0.15, 0.2) is 0 Å². The van der Waals surface area contributed by atoms with Gasteiger partial charge >= 0.3 is 0 Å². The zero-order valence-electron chi connectivity index (χ0n) is 36.3. The van der Waals surface area contributed by atoms with Crippen molar-refractivity contribution in [2.45, 2.75) is 11.7 Å². The van der Waals surface area contributed by atoms with Crippen LogP contribution in [-0.4, -0.2) is 9.82 Å². The van der Waals surface area contributed by atoms with Crippen LogP contribution in [0, 0.1) is 15.7 Å². The number of aromatic nitrogens is 1. The van der Waals surface area contributed by atoms with Crippen LogP contribution in [-0.2, 0) is 0 Å². The Hall–Kier alpha value is -7.36. The highest BCUT2D eigenvalue weighted by Gasteiger charge is 2.26. The van der Waals surface area contributed by atoms with E-state index in [0.29, 0.717) is 0 Å². The van der Waals surface area contributed by atoms with Gasteiger partial charge in [-0.25, -0.2) is 0 Å². The number of para-hydroxylation sites is 1.